The maximum Gasteiger partial charge on any atom is 0.243 e. The average molecular weight is 432 g/mol. The van der Waals surface area contributed by atoms with E-state index in [9.17, 15) is 0 Å². The summed E-state index contributed by atoms with van der Waals surface area (Å²) < 4.78 is 14.1. The molecule has 0 aliphatic heterocycles. The Morgan fingerprint density at radius 2 is 2.04 bits per heavy atom. The zero-order valence-electron chi connectivity index (χ0n) is 15.6. The second kappa shape index (κ2) is 8.85. The van der Waals surface area contributed by atoms with E-state index in [-0.39, 0.29) is 0 Å². The number of nitrogens with one attached hydrogen (secondary N) is 1. The lowest BCUT2D eigenvalue weighted by molar-refractivity contribution is 0.284. The van der Waals surface area contributed by atoms with Crippen LogP contribution in [0.4, 0.5) is 5.95 Å². The molecule has 7 nitrogen and oxygen atoms in total. The number of hydrogen-bond acceptors (Lipinski definition) is 6. The summed E-state index contributed by atoms with van der Waals surface area (Å²) in [5.74, 6) is 1.99. The van der Waals surface area contributed by atoms with Crippen molar-refractivity contribution in [3.63, 3.8) is 0 Å². The Bertz CT molecular complexity index is 913. The van der Waals surface area contributed by atoms with E-state index in [0.29, 0.717) is 37.1 Å². The molecule has 0 saturated carbocycles. The molecule has 8 heteroatoms. The molecule has 27 heavy (non-hydrogen) atoms. The van der Waals surface area contributed by atoms with E-state index in [2.05, 4.69) is 55.8 Å². The van der Waals surface area contributed by atoms with Gasteiger partial charge in [0.15, 0.2) is 11.5 Å². The number of aryl methyl sites for hydroxylation is 2. The van der Waals surface area contributed by atoms with Gasteiger partial charge in [-0.3, -0.25) is 0 Å². The molecule has 1 heterocycles. The van der Waals surface area contributed by atoms with Crippen molar-refractivity contribution in [1.82, 2.24) is 20.2 Å². The van der Waals surface area contributed by atoms with Crippen LogP contribution in [-0.2, 0) is 19.7 Å². The van der Waals surface area contributed by atoms with Gasteiger partial charge >= 0.3 is 0 Å². The molecule has 142 valence electrons. The first-order chi connectivity index (χ1) is 13.1. The first-order valence-electron chi connectivity index (χ1n) is 8.65. The number of benzene rings is 2. The van der Waals surface area contributed by atoms with E-state index >= 15 is 0 Å². The van der Waals surface area contributed by atoms with Gasteiger partial charge in [0.2, 0.25) is 5.95 Å². The minimum Gasteiger partial charge on any atom is -0.493 e. The van der Waals surface area contributed by atoms with E-state index in [0.717, 1.165) is 15.6 Å². The Balaban J connectivity index is 1.72. The van der Waals surface area contributed by atoms with Crippen LogP contribution in [0.5, 0.6) is 11.5 Å². The Morgan fingerprint density at radius 3 is 2.78 bits per heavy atom. The number of rotatable bonds is 8. The van der Waals surface area contributed by atoms with Crippen molar-refractivity contribution in [2.75, 3.05) is 12.4 Å². The highest BCUT2D eigenvalue weighted by Crippen LogP contribution is 2.34. The first kappa shape index (κ1) is 19.2. The van der Waals surface area contributed by atoms with Gasteiger partial charge in [-0.1, -0.05) is 50.9 Å². The molecule has 0 radical (unpaired) electrons. The highest BCUT2D eigenvalue weighted by molar-refractivity contribution is 9.10. The van der Waals surface area contributed by atoms with Crippen molar-refractivity contribution in [1.29, 1.82) is 0 Å². The molecule has 0 spiro atoms. The van der Waals surface area contributed by atoms with Gasteiger partial charge in [0.1, 0.15) is 6.61 Å². The molecule has 0 atom stereocenters. The van der Waals surface area contributed by atoms with Gasteiger partial charge in [-0.15, -0.1) is 0 Å². The van der Waals surface area contributed by atoms with E-state index in [4.69, 9.17) is 9.47 Å². The summed E-state index contributed by atoms with van der Waals surface area (Å²) >= 11 is 3.61. The molecular weight excluding hydrogens is 410 g/mol. The third kappa shape index (κ3) is 4.77. The van der Waals surface area contributed by atoms with E-state index < -0.39 is 0 Å². The van der Waals surface area contributed by atoms with Gasteiger partial charge in [0.25, 0.3) is 0 Å². The number of anilines is 1. The number of ether oxygens (including phenoxy) is 2. The number of aromatic nitrogens is 4. The molecule has 0 aliphatic rings. The van der Waals surface area contributed by atoms with E-state index in [1.807, 2.05) is 31.2 Å². The molecule has 0 aliphatic carbocycles. The quantitative estimate of drug-likeness (QED) is 0.581. The van der Waals surface area contributed by atoms with Crippen LogP contribution in [0, 0.1) is 6.92 Å². The molecular formula is C19H22BrN5O2. The summed E-state index contributed by atoms with van der Waals surface area (Å²) in [7, 11) is 1.64. The lowest BCUT2D eigenvalue weighted by Gasteiger charge is -2.15. The van der Waals surface area contributed by atoms with Crippen LogP contribution in [0.3, 0.4) is 0 Å². The lowest BCUT2D eigenvalue weighted by atomic mass is 10.1. The minimum atomic E-state index is 0.480. The van der Waals surface area contributed by atoms with Crippen molar-refractivity contribution in [2.24, 2.45) is 0 Å². The largest absolute Gasteiger partial charge is 0.493 e. The Hall–Kier alpha value is -2.61. The van der Waals surface area contributed by atoms with Gasteiger partial charge in [0, 0.05) is 17.6 Å². The van der Waals surface area contributed by atoms with Gasteiger partial charge in [-0.25, -0.2) is 4.68 Å². The highest BCUT2D eigenvalue weighted by Gasteiger charge is 2.12. The highest BCUT2D eigenvalue weighted by atomic mass is 79.9. The fraction of sp³-hybridized carbons (Fsp3) is 0.316. The molecule has 0 fully saturated rings. The normalized spacial score (nSPS) is 10.7. The summed E-state index contributed by atoms with van der Waals surface area (Å²) in [6.45, 7) is 5.78. The number of tetrazole rings is 1. The van der Waals surface area contributed by atoms with Crippen LogP contribution in [-0.4, -0.2) is 27.3 Å². The molecule has 2 aromatic carbocycles. The summed E-state index contributed by atoms with van der Waals surface area (Å²) in [6, 6.07) is 12.1. The molecule has 1 N–H and O–H groups in total. The second-order valence-corrected chi connectivity index (χ2v) is 6.90. The molecule has 3 aromatic rings. The average Bonchev–Trinajstić information content (AvgIpc) is 3.13. The van der Waals surface area contributed by atoms with Crippen LogP contribution < -0.4 is 14.8 Å². The summed E-state index contributed by atoms with van der Waals surface area (Å²) in [5.41, 5.74) is 3.34. The molecule has 0 bridgehead atoms. The van der Waals surface area contributed by atoms with Gasteiger partial charge in [-0.05, 0) is 47.5 Å². The monoisotopic (exact) mass is 431 g/mol. The topological polar surface area (TPSA) is 74.1 Å². The summed E-state index contributed by atoms with van der Waals surface area (Å²) in [5, 5.41) is 14.8. The van der Waals surface area contributed by atoms with Gasteiger partial charge < -0.3 is 14.8 Å². The zero-order valence-corrected chi connectivity index (χ0v) is 17.2. The fourth-order valence-corrected chi connectivity index (χ4v) is 3.13. The Morgan fingerprint density at radius 1 is 1.19 bits per heavy atom. The van der Waals surface area contributed by atoms with Crippen molar-refractivity contribution in [3.05, 3.63) is 57.6 Å². The van der Waals surface area contributed by atoms with Crippen LogP contribution in [0.25, 0.3) is 0 Å². The smallest absolute Gasteiger partial charge is 0.243 e. The molecule has 0 saturated heterocycles. The number of hydrogen-bond donors (Lipinski definition) is 1. The Labute approximate surface area is 166 Å². The van der Waals surface area contributed by atoms with Gasteiger partial charge in [-0.2, -0.15) is 0 Å². The zero-order chi connectivity index (χ0) is 19.2. The fourth-order valence-electron chi connectivity index (χ4n) is 2.67. The molecule has 0 amide bonds. The van der Waals surface area contributed by atoms with Crippen molar-refractivity contribution >= 4 is 21.9 Å². The van der Waals surface area contributed by atoms with Crippen LogP contribution >= 0.6 is 15.9 Å². The summed E-state index contributed by atoms with van der Waals surface area (Å²) in [6.07, 6.45) is 0. The number of nitrogens with zero attached hydrogens (tertiary/aromatic N) is 4. The molecule has 0 unspecified atom stereocenters. The van der Waals surface area contributed by atoms with E-state index in [1.165, 1.54) is 5.56 Å². The SMILES string of the molecule is CCn1nnnc1NCc1cc(OC)c(OCc2cccc(C)c2)cc1Br. The van der Waals surface area contributed by atoms with E-state index in [1.54, 1.807) is 11.8 Å². The van der Waals surface area contributed by atoms with Gasteiger partial charge in [0.05, 0.1) is 7.11 Å². The maximum atomic E-state index is 5.98. The van der Waals surface area contributed by atoms with Crippen LogP contribution in [0.15, 0.2) is 40.9 Å². The first-order valence-corrected chi connectivity index (χ1v) is 9.44. The predicted octanol–water partition coefficient (Wildman–Crippen LogP) is 3.96. The third-order valence-corrected chi connectivity index (χ3v) is 4.82. The standard InChI is InChI=1S/C19H22BrN5O2/c1-4-25-19(22-23-24-25)21-11-15-9-17(26-3)18(10-16(15)20)27-12-14-7-5-6-13(2)8-14/h5-10H,4,11-12H2,1-3H3,(H,21,22,24). The maximum absolute atomic E-state index is 5.98. The minimum absolute atomic E-state index is 0.480. The van der Waals surface area contributed by atoms with Crippen molar-refractivity contribution in [3.8, 4) is 11.5 Å². The number of halogens is 1. The predicted molar refractivity (Wildman–Crippen MR) is 107 cm³/mol. The van der Waals surface area contributed by atoms with Crippen molar-refractivity contribution < 1.29 is 9.47 Å². The van der Waals surface area contributed by atoms with Crippen LogP contribution in [0.1, 0.15) is 23.6 Å². The lowest BCUT2D eigenvalue weighted by Crippen LogP contribution is -2.08. The Kier molecular flexibility index (Phi) is 6.28. The number of methoxy groups -OCH3 is 1. The third-order valence-electron chi connectivity index (χ3n) is 4.08. The molecule has 1 aromatic heterocycles. The second-order valence-electron chi connectivity index (χ2n) is 6.04. The van der Waals surface area contributed by atoms with Crippen LogP contribution in [0.2, 0.25) is 0 Å². The molecule has 3 rings (SSSR count). The van der Waals surface area contributed by atoms with Crippen molar-refractivity contribution in [2.45, 2.75) is 33.5 Å². The summed E-state index contributed by atoms with van der Waals surface area (Å²) in [4.78, 5) is 0.